The first kappa shape index (κ1) is 41.8. The quantitative estimate of drug-likeness (QED) is 0.0444. The second-order valence-electron chi connectivity index (χ2n) is 16.0. The van der Waals surface area contributed by atoms with Gasteiger partial charge in [-0.3, -0.25) is 9.59 Å². The SMILES string of the molecule is C=Cc1c2[n-]c(c1C)/C=C1\[N-]/C(=C3\c4[n-]c(c(C)c4C(=O)[C@@H]3C3O[O+]3C)/C=c3\[n-]/c(c(C)c3CC)=C\2)[C@@H](CCC(=O)OC/C=C(\C)CCC[C@H](C)CC)[C@@H]1C.[Mg+2]. The van der Waals surface area contributed by atoms with E-state index in [0.29, 0.717) is 17.7 Å². The molecule has 6 heterocycles. The van der Waals surface area contributed by atoms with E-state index in [4.69, 9.17) is 29.9 Å². The second-order valence-corrected chi connectivity index (χ2v) is 16.0. The van der Waals surface area contributed by atoms with Crippen LogP contribution in [0, 0.1) is 44.4 Å². The van der Waals surface area contributed by atoms with E-state index >= 15 is 0 Å². The van der Waals surface area contributed by atoms with Crippen LogP contribution in [0.15, 0.2) is 29.6 Å². The first-order valence-corrected chi connectivity index (χ1v) is 20.0. The summed E-state index contributed by atoms with van der Waals surface area (Å²) >= 11 is 0. The Morgan fingerprint density at radius 3 is 2.41 bits per heavy atom. The molecule has 2 fully saturated rings. The third-order valence-corrected chi connectivity index (χ3v) is 12.5. The first-order valence-electron chi connectivity index (χ1n) is 20.0. The number of aromatic nitrogens is 3. The molecular formula is C46H55MgN4O5-. The predicted molar refractivity (Wildman–Crippen MR) is 223 cm³/mol. The maximum absolute atomic E-state index is 14.5. The Hall–Kier alpha value is -3.83. The van der Waals surface area contributed by atoms with Crippen molar-refractivity contribution in [2.75, 3.05) is 13.7 Å². The van der Waals surface area contributed by atoms with Crippen LogP contribution in [-0.4, -0.2) is 54.8 Å². The van der Waals surface area contributed by atoms with E-state index in [-0.39, 0.29) is 59.7 Å². The van der Waals surface area contributed by atoms with Gasteiger partial charge >= 0.3 is 35.3 Å². The van der Waals surface area contributed by atoms with Crippen molar-refractivity contribution in [1.29, 1.82) is 0 Å². The topological polar surface area (TPSA) is 115 Å². The van der Waals surface area contributed by atoms with Gasteiger partial charge in [-0.15, -0.1) is 33.5 Å². The summed E-state index contributed by atoms with van der Waals surface area (Å²) in [5.74, 6) is -0.405. The van der Waals surface area contributed by atoms with E-state index in [1.165, 1.54) is 18.4 Å². The Kier molecular flexibility index (Phi) is 12.6. The van der Waals surface area contributed by atoms with Crippen LogP contribution in [0.4, 0.5) is 0 Å². The molecule has 5 atom stereocenters. The molecule has 7 rings (SSSR count). The van der Waals surface area contributed by atoms with E-state index in [0.717, 1.165) is 97.7 Å². The molecule has 0 aromatic carbocycles. The minimum absolute atomic E-state index is 0. The van der Waals surface area contributed by atoms with Crippen molar-refractivity contribution in [3.63, 3.8) is 0 Å². The fourth-order valence-corrected chi connectivity index (χ4v) is 8.63. The number of hydrogen-bond donors (Lipinski definition) is 0. The zero-order valence-electron chi connectivity index (χ0n) is 34.7. The maximum Gasteiger partial charge on any atom is 2.00 e. The molecule has 8 bridgehead atoms. The van der Waals surface area contributed by atoms with Gasteiger partial charge in [0, 0.05) is 12.0 Å². The van der Waals surface area contributed by atoms with Gasteiger partial charge in [-0.1, -0.05) is 105 Å². The molecule has 56 heavy (non-hydrogen) atoms. The van der Waals surface area contributed by atoms with Gasteiger partial charge in [-0.05, 0) is 87.7 Å². The molecule has 10 heteroatoms. The van der Waals surface area contributed by atoms with Crippen LogP contribution < -0.4 is 25.7 Å². The van der Waals surface area contributed by atoms with Gasteiger partial charge in [0.1, 0.15) is 6.61 Å². The smallest absolute Gasteiger partial charge is 0.664 e. The Labute approximate surface area is 347 Å². The van der Waals surface area contributed by atoms with Crippen LogP contribution in [0.1, 0.15) is 134 Å². The molecule has 0 spiro atoms. The molecule has 2 saturated heterocycles. The number of Topliss-reactive ketones (excluding diaryl/α,β-unsaturated/α-hetero) is 1. The molecule has 3 aromatic heterocycles. The average molecular weight is 768 g/mol. The summed E-state index contributed by atoms with van der Waals surface area (Å²) in [4.78, 5) is 49.0. The Morgan fingerprint density at radius 1 is 1.02 bits per heavy atom. The number of carbonyl (C=O) groups excluding carboxylic acids is 2. The van der Waals surface area contributed by atoms with E-state index in [2.05, 4.69) is 65.6 Å². The third kappa shape index (κ3) is 7.74. The van der Waals surface area contributed by atoms with Crippen molar-refractivity contribution < 1.29 is 23.7 Å². The first-order chi connectivity index (χ1) is 26.4. The molecule has 4 aliphatic rings. The number of ketones is 1. The van der Waals surface area contributed by atoms with E-state index < -0.39 is 12.2 Å². The van der Waals surface area contributed by atoms with Crippen LogP contribution in [0.3, 0.4) is 0 Å². The second kappa shape index (κ2) is 16.9. The van der Waals surface area contributed by atoms with Crippen LogP contribution in [-0.2, 0) is 25.4 Å². The molecule has 3 aliphatic heterocycles. The number of ether oxygens (including phenoxy) is 1. The van der Waals surface area contributed by atoms with Gasteiger partial charge in [0.05, 0.1) is 0 Å². The van der Waals surface area contributed by atoms with E-state index in [1.807, 2.05) is 31.2 Å². The van der Waals surface area contributed by atoms with Gasteiger partial charge in [0.25, 0.3) is 0 Å². The summed E-state index contributed by atoms with van der Waals surface area (Å²) in [6.07, 6.45) is 15.6. The minimum Gasteiger partial charge on any atom is -0.664 e. The van der Waals surface area contributed by atoms with Crippen LogP contribution in [0.5, 0.6) is 0 Å². The molecule has 1 aliphatic carbocycles. The zero-order chi connectivity index (χ0) is 39.3. The molecule has 0 saturated carbocycles. The minimum atomic E-state index is -0.614. The third-order valence-electron chi connectivity index (χ3n) is 12.5. The Balaban J connectivity index is 0.00000532. The largest absolute Gasteiger partial charge is 2.00 e. The molecule has 1 unspecified atom stereocenters. The van der Waals surface area contributed by atoms with Crippen molar-refractivity contribution in [2.45, 2.75) is 107 Å². The summed E-state index contributed by atoms with van der Waals surface area (Å²) in [6.45, 7) is 21.4. The summed E-state index contributed by atoms with van der Waals surface area (Å²) in [6, 6.07) is 0. The summed E-state index contributed by atoms with van der Waals surface area (Å²) < 4.78 is 8.35. The number of allylic oxidation sites excluding steroid dienone is 3. The van der Waals surface area contributed by atoms with Crippen molar-refractivity contribution in [3.8, 4) is 0 Å². The fraction of sp³-hybridized carbons (Fsp3) is 0.478. The van der Waals surface area contributed by atoms with Crippen LogP contribution in [0.2, 0.25) is 0 Å². The zero-order valence-corrected chi connectivity index (χ0v) is 36.1. The molecular weight excluding hydrogens is 713 g/mol. The van der Waals surface area contributed by atoms with Gasteiger partial charge in [-0.2, -0.15) is 11.4 Å². The predicted octanol–water partition coefficient (Wildman–Crippen LogP) is 7.42. The number of hydrogen-bond acceptors (Lipinski definition) is 4. The fourth-order valence-electron chi connectivity index (χ4n) is 8.63. The monoisotopic (exact) mass is 767 g/mol. The average Bonchev–Trinajstić information content (AvgIpc) is 3.38. The number of fused-ring (bicyclic) bond motifs is 7. The van der Waals surface area contributed by atoms with Crippen molar-refractivity contribution >= 4 is 64.7 Å². The van der Waals surface area contributed by atoms with Gasteiger partial charge in [0.2, 0.25) is 0 Å². The van der Waals surface area contributed by atoms with Crippen molar-refractivity contribution in [2.24, 2.45) is 23.7 Å². The number of rotatable bonds is 13. The number of esters is 1. The summed E-state index contributed by atoms with van der Waals surface area (Å²) in [7, 11) is 1.76. The van der Waals surface area contributed by atoms with Crippen molar-refractivity contribution in [1.82, 2.24) is 15.0 Å². The van der Waals surface area contributed by atoms with E-state index in [9.17, 15) is 9.59 Å². The number of nitrogens with zero attached hydrogens (tertiary/aromatic N) is 4. The normalized spacial score (nSPS) is 25.3. The standard InChI is InChI=1S/C46H56N4O5.Mg/c1-11-24(4)15-14-16-25(5)19-20-53-39(51)18-17-32-28(8)35-21-33-26(6)30(12-2)37(47-33)22-34-27(7)31(13-3)38(48-34)23-36-29(9)40-44(50-36)41(43(32)49-35)42(45(40)52)46-54-55(46)10;/h12,19,21-24,28,32,42,46H,2,11,13-18,20H2,1,3-10H3,(H-,49,50,52);/q-2;+2/p-1/b25-19+,34-22-,35-21-,38-23-;/t24-,28+,32+,42-,46?;/m1./s1. The molecule has 292 valence electrons. The number of carbonyl (C=O) groups is 2. The molecule has 3 aromatic rings. The Bertz CT molecular complexity index is 2260. The molecule has 9 nitrogen and oxygen atoms in total. The van der Waals surface area contributed by atoms with Crippen LogP contribution in [0.25, 0.3) is 35.2 Å². The summed E-state index contributed by atoms with van der Waals surface area (Å²) in [5.41, 5.74) is 12.3. The Morgan fingerprint density at radius 2 is 1.73 bits per heavy atom. The van der Waals surface area contributed by atoms with Crippen LogP contribution >= 0.6 is 0 Å². The molecule has 0 radical (unpaired) electrons. The van der Waals surface area contributed by atoms with E-state index in [1.54, 1.807) is 7.11 Å². The van der Waals surface area contributed by atoms with Gasteiger partial charge < -0.3 is 25.0 Å². The summed E-state index contributed by atoms with van der Waals surface area (Å²) in [5, 5.41) is 7.05. The van der Waals surface area contributed by atoms with Gasteiger partial charge in [0.15, 0.2) is 18.8 Å². The molecule has 0 amide bonds. The maximum atomic E-state index is 14.5. The van der Waals surface area contributed by atoms with Crippen molar-refractivity contribution in [3.05, 3.63) is 102 Å². The molecule has 0 N–H and O–H groups in total. The van der Waals surface area contributed by atoms with Gasteiger partial charge in [-0.25, -0.2) is 4.52 Å².